The molecule has 2 aliphatic carbocycles. The van der Waals surface area contributed by atoms with Crippen molar-refractivity contribution in [2.24, 2.45) is 11.8 Å². The molecule has 2 aromatic rings. The Bertz CT molecular complexity index is 1180. The monoisotopic (exact) mass is 493 g/mol. The van der Waals surface area contributed by atoms with Crippen LogP contribution in [0, 0.1) is 11.8 Å². The third-order valence-corrected chi connectivity index (χ3v) is 8.21. The summed E-state index contributed by atoms with van der Waals surface area (Å²) in [6, 6.07) is 5.26. The first-order chi connectivity index (χ1) is 17.0. The summed E-state index contributed by atoms with van der Waals surface area (Å²) in [5.74, 6) is 2.54. The van der Waals surface area contributed by atoms with Crippen LogP contribution in [-0.2, 0) is 0 Å². The van der Waals surface area contributed by atoms with E-state index in [0.717, 1.165) is 32.1 Å². The zero-order valence-corrected chi connectivity index (χ0v) is 20.7. The Balaban J connectivity index is 1.08. The number of nitrogen functional groups attached to an aromatic ring is 1. The second-order valence-corrected chi connectivity index (χ2v) is 10.8. The number of anilines is 2. The number of carbonyl (C=O) groups is 1. The zero-order valence-electron chi connectivity index (χ0n) is 19.9. The molecule has 184 valence electrons. The molecule has 2 fully saturated rings. The van der Waals surface area contributed by atoms with Crippen molar-refractivity contribution >= 4 is 28.1 Å². The van der Waals surface area contributed by atoms with Crippen molar-refractivity contribution in [1.29, 1.82) is 0 Å². The highest BCUT2D eigenvalue weighted by Gasteiger charge is 2.28. The third-order valence-electron chi connectivity index (χ3n) is 7.21. The van der Waals surface area contributed by atoms with Crippen molar-refractivity contribution in [2.75, 3.05) is 50.6 Å². The number of nitrogens with zero attached hydrogens (tertiary/aromatic N) is 3. The average molecular weight is 494 g/mol. The molecule has 1 saturated heterocycles. The number of rotatable bonds is 7. The fraction of sp³-hybridized carbons (Fsp3) is 0.462. The first-order valence-corrected chi connectivity index (χ1v) is 13.2. The summed E-state index contributed by atoms with van der Waals surface area (Å²) in [5, 5.41) is 4.12. The quantitative estimate of drug-likeness (QED) is 0.566. The van der Waals surface area contributed by atoms with Gasteiger partial charge >= 0.3 is 0 Å². The number of nitrogens with one attached hydrogen (secondary N) is 1. The maximum absolute atomic E-state index is 13.1. The second kappa shape index (κ2) is 9.20. The highest BCUT2D eigenvalue weighted by atomic mass is 32.1. The van der Waals surface area contributed by atoms with E-state index in [9.17, 15) is 4.79 Å². The second-order valence-electron chi connectivity index (χ2n) is 9.84. The molecule has 8 nitrogen and oxygen atoms in total. The Labute approximate surface area is 209 Å². The van der Waals surface area contributed by atoms with Crippen LogP contribution in [0.4, 0.5) is 10.9 Å². The van der Waals surface area contributed by atoms with Crippen LogP contribution in [0.25, 0.3) is 0 Å². The van der Waals surface area contributed by atoms with Crippen LogP contribution < -0.4 is 20.5 Å². The molecule has 3 heterocycles. The Morgan fingerprint density at radius 2 is 2.00 bits per heavy atom. The van der Waals surface area contributed by atoms with E-state index in [-0.39, 0.29) is 30.4 Å². The molecule has 1 saturated carbocycles. The molecule has 0 amide bonds. The van der Waals surface area contributed by atoms with Gasteiger partial charge in [-0.2, -0.15) is 0 Å². The summed E-state index contributed by atoms with van der Waals surface area (Å²) in [6.45, 7) is 8.13. The standard InChI is InChI=1S/C26H31N5O3S/c1-16-12-19(31-10-8-30(9-11-31)14-17-2-3-17)5-6-20(16)28-26-29-25(27)24(35-26)23(32)18-4-7-21-22(13-18)34-15-33-21/h4-7,12-13,16-17,20H,2-3,8-11,14-15,27H2,1H3,(H,28,29). The molecular formula is C26H31N5O3S. The van der Waals surface area contributed by atoms with Gasteiger partial charge in [-0.15, -0.1) is 0 Å². The Morgan fingerprint density at radius 3 is 2.77 bits per heavy atom. The summed E-state index contributed by atoms with van der Waals surface area (Å²) in [6.07, 6.45) is 9.58. The van der Waals surface area contributed by atoms with Crippen molar-refractivity contribution in [3.63, 3.8) is 0 Å². The first kappa shape index (κ1) is 22.4. The summed E-state index contributed by atoms with van der Waals surface area (Å²) < 4.78 is 10.7. The Hall–Kier alpha value is -3.04. The van der Waals surface area contributed by atoms with E-state index in [1.807, 2.05) is 0 Å². The van der Waals surface area contributed by atoms with Gasteiger partial charge in [-0.3, -0.25) is 9.69 Å². The highest BCUT2D eigenvalue weighted by Crippen LogP contribution is 2.35. The van der Waals surface area contributed by atoms with E-state index in [1.165, 1.54) is 36.4 Å². The minimum Gasteiger partial charge on any atom is -0.454 e. The fourth-order valence-corrected chi connectivity index (χ4v) is 5.81. The molecule has 3 N–H and O–H groups in total. The predicted octanol–water partition coefficient (Wildman–Crippen LogP) is 3.58. The van der Waals surface area contributed by atoms with Crippen molar-refractivity contribution in [1.82, 2.24) is 14.8 Å². The molecule has 6 rings (SSSR count). The number of carbonyl (C=O) groups excluding carboxylic acids is 1. The van der Waals surface area contributed by atoms with Gasteiger partial charge in [0.1, 0.15) is 10.7 Å². The number of thiazole rings is 1. The van der Waals surface area contributed by atoms with Crippen LogP contribution in [-0.4, -0.2) is 66.1 Å². The summed E-state index contributed by atoms with van der Waals surface area (Å²) in [4.78, 5) is 23.1. The van der Waals surface area contributed by atoms with Crippen LogP contribution in [0.15, 0.2) is 42.1 Å². The van der Waals surface area contributed by atoms with E-state index in [4.69, 9.17) is 15.2 Å². The lowest BCUT2D eigenvalue weighted by Crippen LogP contribution is -2.46. The van der Waals surface area contributed by atoms with Gasteiger partial charge in [0.2, 0.25) is 12.6 Å². The summed E-state index contributed by atoms with van der Waals surface area (Å²) >= 11 is 1.29. The number of aromatic nitrogens is 1. The molecule has 2 aliphatic heterocycles. The normalized spacial score (nSPS) is 23.9. The number of ether oxygens (including phenoxy) is 2. The number of piperazine rings is 1. The van der Waals surface area contributed by atoms with Gasteiger partial charge in [-0.1, -0.05) is 30.4 Å². The molecule has 0 spiro atoms. The average Bonchev–Trinajstić information content (AvgIpc) is 3.42. The molecule has 35 heavy (non-hydrogen) atoms. The number of hydrogen-bond donors (Lipinski definition) is 2. The minimum atomic E-state index is -0.165. The fourth-order valence-electron chi connectivity index (χ4n) is 4.92. The molecule has 1 aromatic heterocycles. The van der Waals surface area contributed by atoms with Crippen LogP contribution in [0.2, 0.25) is 0 Å². The lowest BCUT2D eigenvalue weighted by atomic mass is 9.95. The van der Waals surface area contributed by atoms with E-state index >= 15 is 0 Å². The molecule has 2 unspecified atom stereocenters. The smallest absolute Gasteiger partial charge is 0.231 e. The van der Waals surface area contributed by atoms with Crippen LogP contribution in [0.1, 0.15) is 35.0 Å². The number of hydrogen-bond acceptors (Lipinski definition) is 9. The van der Waals surface area contributed by atoms with Crippen LogP contribution in [0.3, 0.4) is 0 Å². The number of fused-ring (bicyclic) bond motifs is 1. The van der Waals surface area contributed by atoms with E-state index in [2.05, 4.69) is 45.3 Å². The van der Waals surface area contributed by atoms with E-state index < -0.39 is 0 Å². The first-order valence-electron chi connectivity index (χ1n) is 12.4. The lowest BCUT2D eigenvalue weighted by molar-refractivity contribution is 0.104. The van der Waals surface area contributed by atoms with Gasteiger partial charge in [0.15, 0.2) is 16.6 Å². The van der Waals surface area contributed by atoms with E-state index in [1.54, 1.807) is 18.2 Å². The molecule has 9 heteroatoms. The lowest BCUT2D eigenvalue weighted by Gasteiger charge is -2.38. The van der Waals surface area contributed by atoms with Gasteiger partial charge in [-0.05, 0) is 43.0 Å². The van der Waals surface area contributed by atoms with Crippen LogP contribution in [0.5, 0.6) is 11.5 Å². The summed E-state index contributed by atoms with van der Waals surface area (Å²) in [7, 11) is 0. The van der Waals surface area contributed by atoms with Gasteiger partial charge in [0, 0.05) is 49.9 Å². The predicted molar refractivity (Wildman–Crippen MR) is 137 cm³/mol. The van der Waals surface area contributed by atoms with Gasteiger partial charge in [-0.25, -0.2) is 4.98 Å². The number of benzene rings is 1. The van der Waals surface area contributed by atoms with E-state index in [0.29, 0.717) is 27.1 Å². The Morgan fingerprint density at radius 1 is 1.20 bits per heavy atom. The topological polar surface area (TPSA) is 93.0 Å². The highest BCUT2D eigenvalue weighted by molar-refractivity contribution is 7.18. The number of ketones is 1. The molecule has 0 radical (unpaired) electrons. The van der Waals surface area contributed by atoms with Crippen molar-refractivity contribution in [2.45, 2.75) is 25.8 Å². The number of nitrogens with two attached hydrogens (primary N) is 1. The SMILES string of the molecule is CC1C=C(N2CCN(CC3CC3)CC2)C=CC1Nc1nc(N)c(C(=O)c2ccc3c(c2)OCO3)s1. The Kier molecular flexibility index (Phi) is 5.89. The summed E-state index contributed by atoms with van der Waals surface area (Å²) in [5.41, 5.74) is 7.95. The molecule has 0 bridgehead atoms. The molecule has 2 atom stereocenters. The number of allylic oxidation sites excluding steroid dienone is 1. The van der Waals surface area contributed by atoms with Gasteiger partial charge in [0.25, 0.3) is 0 Å². The third kappa shape index (κ3) is 4.75. The zero-order chi connectivity index (χ0) is 23.9. The van der Waals surface area contributed by atoms with Gasteiger partial charge < -0.3 is 25.4 Å². The molecule has 4 aliphatic rings. The molecule has 1 aromatic carbocycles. The van der Waals surface area contributed by atoms with Gasteiger partial charge in [0.05, 0.1) is 6.04 Å². The van der Waals surface area contributed by atoms with Crippen molar-refractivity contribution in [3.05, 3.63) is 52.6 Å². The largest absolute Gasteiger partial charge is 0.454 e. The minimum absolute atomic E-state index is 0.0916. The maximum atomic E-state index is 13.1. The maximum Gasteiger partial charge on any atom is 0.231 e. The van der Waals surface area contributed by atoms with Crippen molar-refractivity contribution in [3.8, 4) is 11.5 Å². The van der Waals surface area contributed by atoms with Crippen molar-refractivity contribution < 1.29 is 14.3 Å². The van der Waals surface area contributed by atoms with Crippen LogP contribution >= 0.6 is 11.3 Å². The molecular weight excluding hydrogens is 462 g/mol.